The molecule has 2 rings (SSSR count). The largest absolute Gasteiger partial charge is 0.481 e. The van der Waals surface area contributed by atoms with Crippen LogP contribution in [0.1, 0.15) is 11.1 Å². The van der Waals surface area contributed by atoms with Gasteiger partial charge < -0.3 is 14.2 Å². The minimum absolute atomic E-state index is 0.275. The maximum atomic E-state index is 5.70. The Morgan fingerprint density at radius 2 is 1.04 bits per heavy atom. The summed E-state index contributed by atoms with van der Waals surface area (Å²) in [6.45, 7) is 1.61. The summed E-state index contributed by atoms with van der Waals surface area (Å²) >= 11 is 0. The summed E-state index contributed by atoms with van der Waals surface area (Å²) in [5, 5.41) is 0. The molecule has 0 saturated heterocycles. The zero-order valence-electron chi connectivity index (χ0n) is 12.8. The van der Waals surface area contributed by atoms with Crippen LogP contribution < -0.4 is 9.47 Å². The second-order valence-electron chi connectivity index (χ2n) is 4.77. The molecule has 0 fully saturated rings. The molecular weight excluding hydrogens is 288 g/mol. The summed E-state index contributed by atoms with van der Waals surface area (Å²) in [4.78, 5) is 0. The van der Waals surface area contributed by atoms with Gasteiger partial charge in [0, 0.05) is 0 Å². The van der Waals surface area contributed by atoms with Crippen LogP contribution in [0.4, 0.5) is 0 Å². The highest BCUT2D eigenvalue weighted by molar-refractivity contribution is 5.28. The lowest BCUT2D eigenvalue weighted by molar-refractivity contribution is 0.107. The van der Waals surface area contributed by atoms with Gasteiger partial charge in [0.2, 0.25) is 0 Å². The molecule has 2 aromatic rings. The standard InChI is InChI=1S/C20H18O3/c1-3-13-22-19-9-5-17(6-10-19)15-21-16-18-7-11-20(12-8-18)23-14-4-2/h1-2,5-12H,13-16H2. The molecule has 0 bridgehead atoms. The first kappa shape index (κ1) is 16.5. The van der Waals surface area contributed by atoms with Crippen LogP contribution in [0.3, 0.4) is 0 Å². The van der Waals surface area contributed by atoms with Gasteiger partial charge in [0.15, 0.2) is 0 Å². The highest BCUT2D eigenvalue weighted by atomic mass is 16.5. The van der Waals surface area contributed by atoms with E-state index in [9.17, 15) is 0 Å². The number of ether oxygens (including phenoxy) is 3. The van der Waals surface area contributed by atoms with Crippen molar-refractivity contribution in [2.24, 2.45) is 0 Å². The van der Waals surface area contributed by atoms with E-state index >= 15 is 0 Å². The number of hydrogen-bond acceptors (Lipinski definition) is 3. The third-order valence-corrected chi connectivity index (χ3v) is 3.03. The van der Waals surface area contributed by atoms with Crippen LogP contribution in [0.15, 0.2) is 48.5 Å². The Morgan fingerprint density at radius 1 is 0.652 bits per heavy atom. The van der Waals surface area contributed by atoms with Gasteiger partial charge in [0.05, 0.1) is 13.2 Å². The monoisotopic (exact) mass is 306 g/mol. The van der Waals surface area contributed by atoms with E-state index in [1.165, 1.54) is 0 Å². The number of hydrogen-bond donors (Lipinski definition) is 0. The second kappa shape index (κ2) is 9.20. The lowest BCUT2D eigenvalue weighted by atomic mass is 10.2. The molecular formula is C20H18O3. The van der Waals surface area contributed by atoms with E-state index in [2.05, 4.69) is 11.8 Å². The molecule has 3 nitrogen and oxygen atoms in total. The van der Waals surface area contributed by atoms with Crippen LogP contribution in [0.2, 0.25) is 0 Å². The molecule has 0 radical (unpaired) electrons. The van der Waals surface area contributed by atoms with Crippen molar-refractivity contribution in [1.29, 1.82) is 0 Å². The zero-order valence-corrected chi connectivity index (χ0v) is 12.8. The molecule has 0 aliphatic carbocycles. The normalized spacial score (nSPS) is 9.65. The van der Waals surface area contributed by atoms with Crippen LogP contribution in [0.5, 0.6) is 11.5 Å². The van der Waals surface area contributed by atoms with Gasteiger partial charge in [0.1, 0.15) is 24.7 Å². The van der Waals surface area contributed by atoms with E-state index in [1.54, 1.807) is 0 Å². The molecule has 2 aromatic carbocycles. The fraction of sp³-hybridized carbons (Fsp3) is 0.200. The molecule has 0 heterocycles. The smallest absolute Gasteiger partial charge is 0.148 e. The Labute approximate surface area is 137 Å². The SMILES string of the molecule is C#CCOc1ccc(COCc2ccc(OCC#C)cc2)cc1. The molecule has 3 heteroatoms. The maximum Gasteiger partial charge on any atom is 0.148 e. The summed E-state index contributed by atoms with van der Waals surface area (Å²) in [6.07, 6.45) is 10.3. The van der Waals surface area contributed by atoms with E-state index in [0.717, 1.165) is 22.6 Å². The Morgan fingerprint density at radius 3 is 1.39 bits per heavy atom. The minimum Gasteiger partial charge on any atom is -0.481 e. The fourth-order valence-electron chi connectivity index (χ4n) is 1.90. The number of benzene rings is 2. The van der Waals surface area contributed by atoms with Crippen molar-refractivity contribution in [3.8, 4) is 36.2 Å². The quantitative estimate of drug-likeness (QED) is 0.699. The van der Waals surface area contributed by atoms with Gasteiger partial charge in [-0.3, -0.25) is 0 Å². The summed E-state index contributed by atoms with van der Waals surface area (Å²) in [5.41, 5.74) is 2.15. The Balaban J connectivity index is 1.76. The van der Waals surface area contributed by atoms with E-state index < -0.39 is 0 Å². The van der Waals surface area contributed by atoms with E-state index in [4.69, 9.17) is 27.1 Å². The lowest BCUT2D eigenvalue weighted by Crippen LogP contribution is -1.97. The van der Waals surface area contributed by atoms with Crippen molar-refractivity contribution in [3.63, 3.8) is 0 Å². The first-order valence-corrected chi connectivity index (χ1v) is 7.20. The van der Waals surface area contributed by atoms with Crippen LogP contribution >= 0.6 is 0 Å². The third kappa shape index (κ3) is 5.79. The Hall–Kier alpha value is -2.88. The molecule has 0 aromatic heterocycles. The molecule has 0 N–H and O–H groups in total. The van der Waals surface area contributed by atoms with Crippen LogP contribution in [0.25, 0.3) is 0 Å². The fourth-order valence-corrected chi connectivity index (χ4v) is 1.90. The van der Waals surface area contributed by atoms with E-state index in [1.807, 2.05) is 48.5 Å². The molecule has 0 aliphatic rings. The first-order valence-electron chi connectivity index (χ1n) is 7.20. The van der Waals surface area contributed by atoms with Crippen molar-refractivity contribution < 1.29 is 14.2 Å². The maximum absolute atomic E-state index is 5.70. The summed E-state index contributed by atoms with van der Waals surface area (Å²) in [6, 6.07) is 15.4. The molecule has 0 saturated carbocycles. The molecule has 0 spiro atoms. The first-order chi connectivity index (χ1) is 11.3. The highest BCUT2D eigenvalue weighted by Crippen LogP contribution is 2.15. The van der Waals surface area contributed by atoms with E-state index in [0.29, 0.717) is 13.2 Å². The van der Waals surface area contributed by atoms with Crippen LogP contribution in [0, 0.1) is 24.7 Å². The summed E-state index contributed by atoms with van der Waals surface area (Å²) in [7, 11) is 0. The summed E-state index contributed by atoms with van der Waals surface area (Å²) < 4.78 is 16.3. The average molecular weight is 306 g/mol. The minimum atomic E-state index is 0.275. The number of rotatable bonds is 8. The molecule has 0 aliphatic heterocycles. The van der Waals surface area contributed by atoms with Gasteiger partial charge in [-0.1, -0.05) is 36.1 Å². The predicted molar refractivity (Wildman–Crippen MR) is 90.0 cm³/mol. The van der Waals surface area contributed by atoms with Crippen molar-refractivity contribution in [1.82, 2.24) is 0 Å². The second-order valence-corrected chi connectivity index (χ2v) is 4.77. The van der Waals surface area contributed by atoms with Crippen LogP contribution in [-0.4, -0.2) is 13.2 Å². The summed E-state index contributed by atoms with van der Waals surface area (Å²) in [5.74, 6) is 6.38. The van der Waals surface area contributed by atoms with E-state index in [-0.39, 0.29) is 13.2 Å². The van der Waals surface area contributed by atoms with Gasteiger partial charge in [-0.2, -0.15) is 0 Å². The van der Waals surface area contributed by atoms with Gasteiger partial charge in [-0.25, -0.2) is 0 Å². The Bertz CT molecular complexity index is 611. The topological polar surface area (TPSA) is 27.7 Å². The van der Waals surface area contributed by atoms with Gasteiger partial charge in [-0.15, -0.1) is 12.8 Å². The van der Waals surface area contributed by atoms with Gasteiger partial charge in [-0.05, 0) is 35.4 Å². The van der Waals surface area contributed by atoms with Gasteiger partial charge in [0.25, 0.3) is 0 Å². The Kier molecular flexibility index (Phi) is 6.60. The molecule has 0 atom stereocenters. The molecule has 23 heavy (non-hydrogen) atoms. The molecule has 0 unspecified atom stereocenters. The lowest BCUT2D eigenvalue weighted by Gasteiger charge is -2.07. The van der Waals surface area contributed by atoms with Crippen molar-refractivity contribution in [3.05, 3.63) is 59.7 Å². The molecule has 116 valence electrons. The van der Waals surface area contributed by atoms with Crippen LogP contribution in [-0.2, 0) is 18.0 Å². The predicted octanol–water partition coefficient (Wildman–Crippen LogP) is 3.43. The van der Waals surface area contributed by atoms with Crippen molar-refractivity contribution in [2.75, 3.05) is 13.2 Å². The van der Waals surface area contributed by atoms with Crippen molar-refractivity contribution in [2.45, 2.75) is 13.2 Å². The molecule has 0 amide bonds. The average Bonchev–Trinajstić information content (AvgIpc) is 2.60. The zero-order chi connectivity index (χ0) is 16.3. The number of terminal acetylenes is 2. The van der Waals surface area contributed by atoms with Crippen molar-refractivity contribution >= 4 is 0 Å². The highest BCUT2D eigenvalue weighted by Gasteiger charge is 1.98. The van der Waals surface area contributed by atoms with Gasteiger partial charge >= 0.3 is 0 Å². The third-order valence-electron chi connectivity index (χ3n) is 3.03.